The van der Waals surface area contributed by atoms with Crippen LogP contribution < -0.4 is 26.0 Å². The fraction of sp³-hybridized carbons (Fsp3) is 0.161. The largest absolute Gasteiger partial charge is 0.384 e. The smallest absolute Gasteiger partial charge is 0.248 e. The molecule has 1 saturated heterocycles. The molecule has 0 bridgehead atoms. The van der Waals surface area contributed by atoms with Crippen LogP contribution in [-0.4, -0.2) is 45.8 Å². The standard InChI is InChI=1S/C31H32N6O3S/c32-30(33)23-8-6-11-26(20-23)37-19-7-18-36(25-9-2-1-3-10-25)21-28(37)31(38)35-24-16-14-22(15-17-24)27-12-4-5-13-29(27)41(34,39)40/h1-6,8-17,20,28H,7,18-19,21H2,(H3,32,33)(H,35,38)(H2,34,39,40). The molecule has 1 aliphatic heterocycles. The third-order valence-electron chi connectivity index (χ3n) is 7.17. The summed E-state index contributed by atoms with van der Waals surface area (Å²) < 4.78 is 24.1. The van der Waals surface area contributed by atoms with Gasteiger partial charge in [-0.3, -0.25) is 10.2 Å². The number of amides is 1. The van der Waals surface area contributed by atoms with Crippen molar-refractivity contribution in [2.75, 3.05) is 34.8 Å². The summed E-state index contributed by atoms with van der Waals surface area (Å²) >= 11 is 0. The molecule has 5 rings (SSSR count). The van der Waals surface area contributed by atoms with Crippen LogP contribution in [0.15, 0.2) is 108 Å². The zero-order valence-corrected chi connectivity index (χ0v) is 23.2. The van der Waals surface area contributed by atoms with Gasteiger partial charge in [-0.1, -0.05) is 60.7 Å². The number of nitrogen functional groups attached to an aromatic ring is 1. The van der Waals surface area contributed by atoms with Crippen molar-refractivity contribution in [2.45, 2.75) is 17.4 Å². The summed E-state index contributed by atoms with van der Waals surface area (Å²) in [5.74, 6) is -0.212. The number of para-hydroxylation sites is 1. The first-order valence-corrected chi connectivity index (χ1v) is 14.8. The Labute approximate surface area is 240 Å². The van der Waals surface area contributed by atoms with Gasteiger partial charge in [0.25, 0.3) is 0 Å². The number of nitrogens with one attached hydrogen (secondary N) is 2. The van der Waals surface area contributed by atoms with Crippen molar-refractivity contribution < 1.29 is 13.2 Å². The summed E-state index contributed by atoms with van der Waals surface area (Å²) in [6, 6.07) is 30.5. The lowest BCUT2D eigenvalue weighted by molar-refractivity contribution is -0.117. The number of carbonyl (C=O) groups is 1. The Morgan fingerprint density at radius 3 is 2.24 bits per heavy atom. The molecule has 6 N–H and O–H groups in total. The lowest BCUT2D eigenvalue weighted by atomic mass is 10.1. The third-order valence-corrected chi connectivity index (χ3v) is 8.14. The summed E-state index contributed by atoms with van der Waals surface area (Å²) in [6.45, 7) is 1.89. The number of amidine groups is 1. The zero-order chi connectivity index (χ0) is 29.0. The van der Waals surface area contributed by atoms with Gasteiger partial charge in [0.2, 0.25) is 15.9 Å². The van der Waals surface area contributed by atoms with Gasteiger partial charge in [0.1, 0.15) is 11.9 Å². The quantitative estimate of drug-likeness (QED) is 0.196. The molecule has 10 heteroatoms. The second-order valence-electron chi connectivity index (χ2n) is 9.92. The highest BCUT2D eigenvalue weighted by atomic mass is 32.2. The molecule has 0 saturated carbocycles. The number of sulfonamides is 1. The van der Waals surface area contributed by atoms with Crippen LogP contribution in [0, 0.1) is 5.41 Å². The highest BCUT2D eigenvalue weighted by Gasteiger charge is 2.31. The second-order valence-corrected chi connectivity index (χ2v) is 11.4. The van der Waals surface area contributed by atoms with Gasteiger partial charge in [0, 0.05) is 47.8 Å². The highest BCUT2D eigenvalue weighted by molar-refractivity contribution is 7.89. The van der Waals surface area contributed by atoms with E-state index in [4.69, 9.17) is 16.3 Å². The lowest BCUT2D eigenvalue weighted by Crippen LogP contribution is -2.49. The highest BCUT2D eigenvalue weighted by Crippen LogP contribution is 2.29. The van der Waals surface area contributed by atoms with E-state index in [0.29, 0.717) is 35.5 Å². The Balaban J connectivity index is 1.44. The molecule has 0 aliphatic carbocycles. The zero-order valence-electron chi connectivity index (χ0n) is 22.4. The molecule has 0 aromatic heterocycles. The van der Waals surface area contributed by atoms with Crippen molar-refractivity contribution in [3.05, 3.63) is 109 Å². The lowest BCUT2D eigenvalue weighted by Gasteiger charge is -2.33. The van der Waals surface area contributed by atoms with E-state index in [0.717, 1.165) is 24.3 Å². The number of carbonyl (C=O) groups excluding carboxylic acids is 1. The number of benzene rings is 4. The van der Waals surface area contributed by atoms with Crippen LogP contribution in [0.25, 0.3) is 11.1 Å². The Bertz CT molecular complexity index is 1660. The van der Waals surface area contributed by atoms with E-state index < -0.39 is 16.1 Å². The summed E-state index contributed by atoms with van der Waals surface area (Å²) in [5.41, 5.74) is 9.97. The summed E-state index contributed by atoms with van der Waals surface area (Å²) in [7, 11) is -3.90. The van der Waals surface area contributed by atoms with E-state index in [1.165, 1.54) is 6.07 Å². The van der Waals surface area contributed by atoms with Gasteiger partial charge >= 0.3 is 0 Å². The maximum atomic E-state index is 13.9. The number of nitrogens with two attached hydrogens (primary N) is 2. The van der Waals surface area contributed by atoms with E-state index in [1.807, 2.05) is 48.5 Å². The first kappa shape index (κ1) is 27.9. The van der Waals surface area contributed by atoms with E-state index in [9.17, 15) is 13.2 Å². The molecule has 9 nitrogen and oxygen atoms in total. The van der Waals surface area contributed by atoms with E-state index in [1.54, 1.807) is 48.5 Å². The molecule has 4 aromatic rings. The Morgan fingerprint density at radius 1 is 0.854 bits per heavy atom. The van der Waals surface area contributed by atoms with Crippen molar-refractivity contribution in [1.29, 1.82) is 5.41 Å². The number of rotatable bonds is 7. The molecule has 1 heterocycles. The fourth-order valence-corrected chi connectivity index (χ4v) is 5.92. The first-order chi connectivity index (χ1) is 19.7. The van der Waals surface area contributed by atoms with E-state index in [-0.39, 0.29) is 16.6 Å². The second kappa shape index (κ2) is 11.8. The van der Waals surface area contributed by atoms with Gasteiger partial charge in [0.05, 0.1) is 4.90 Å². The molecule has 1 fully saturated rings. The molecule has 0 spiro atoms. The molecule has 1 aliphatic rings. The first-order valence-electron chi connectivity index (χ1n) is 13.2. The molecular weight excluding hydrogens is 536 g/mol. The molecule has 0 radical (unpaired) electrons. The van der Waals surface area contributed by atoms with Crippen molar-refractivity contribution >= 4 is 38.8 Å². The van der Waals surface area contributed by atoms with Gasteiger partial charge < -0.3 is 20.9 Å². The van der Waals surface area contributed by atoms with Crippen LogP contribution in [0.2, 0.25) is 0 Å². The maximum absolute atomic E-state index is 13.9. The van der Waals surface area contributed by atoms with Crippen molar-refractivity contribution in [1.82, 2.24) is 0 Å². The minimum absolute atomic E-state index is 0.0299. The van der Waals surface area contributed by atoms with Gasteiger partial charge in [-0.2, -0.15) is 0 Å². The van der Waals surface area contributed by atoms with Crippen LogP contribution in [0.3, 0.4) is 0 Å². The number of primary sulfonamides is 1. The molecule has 1 unspecified atom stereocenters. The van der Waals surface area contributed by atoms with Crippen LogP contribution in [0.1, 0.15) is 12.0 Å². The average Bonchev–Trinajstić information content (AvgIpc) is 3.21. The molecule has 4 aromatic carbocycles. The van der Waals surface area contributed by atoms with E-state index in [2.05, 4.69) is 15.1 Å². The number of hydrogen-bond donors (Lipinski definition) is 4. The molecule has 210 valence electrons. The normalized spacial score (nSPS) is 15.7. The minimum atomic E-state index is -3.90. The molecule has 41 heavy (non-hydrogen) atoms. The number of nitrogens with zero attached hydrogens (tertiary/aromatic N) is 2. The predicted molar refractivity (Wildman–Crippen MR) is 164 cm³/mol. The van der Waals surface area contributed by atoms with Crippen molar-refractivity contribution in [3.8, 4) is 11.1 Å². The molecule has 1 atom stereocenters. The minimum Gasteiger partial charge on any atom is -0.384 e. The molecular formula is C31H32N6O3S. The Kier molecular flexibility index (Phi) is 8.04. The monoisotopic (exact) mass is 568 g/mol. The summed E-state index contributed by atoms with van der Waals surface area (Å²) in [5, 5.41) is 16.3. The summed E-state index contributed by atoms with van der Waals surface area (Å²) in [6.07, 6.45) is 0.834. The number of hydrogen-bond acceptors (Lipinski definition) is 6. The van der Waals surface area contributed by atoms with Crippen LogP contribution in [0.4, 0.5) is 17.1 Å². The average molecular weight is 569 g/mol. The van der Waals surface area contributed by atoms with Gasteiger partial charge in [0.15, 0.2) is 0 Å². The number of anilines is 3. The maximum Gasteiger partial charge on any atom is 0.248 e. The van der Waals surface area contributed by atoms with Gasteiger partial charge in [-0.15, -0.1) is 0 Å². The van der Waals surface area contributed by atoms with Crippen molar-refractivity contribution in [2.24, 2.45) is 10.9 Å². The fourth-order valence-electron chi connectivity index (χ4n) is 5.16. The predicted octanol–water partition coefficient (Wildman–Crippen LogP) is 4.01. The van der Waals surface area contributed by atoms with Crippen molar-refractivity contribution in [3.63, 3.8) is 0 Å². The Hall–Kier alpha value is -4.67. The van der Waals surface area contributed by atoms with Crippen LogP contribution >= 0.6 is 0 Å². The van der Waals surface area contributed by atoms with Gasteiger partial charge in [-0.05, 0) is 54.4 Å². The Morgan fingerprint density at radius 2 is 1.54 bits per heavy atom. The summed E-state index contributed by atoms with van der Waals surface area (Å²) in [4.78, 5) is 18.2. The molecule has 1 amide bonds. The van der Waals surface area contributed by atoms with E-state index >= 15 is 0 Å². The SMILES string of the molecule is N=C(N)c1cccc(N2CCCN(c3ccccc3)CC2C(=O)Nc2ccc(-c3ccccc3S(N)(=O)=O)cc2)c1. The third kappa shape index (κ3) is 6.40. The van der Waals surface area contributed by atoms with Gasteiger partial charge in [-0.25, -0.2) is 13.6 Å². The van der Waals surface area contributed by atoms with Crippen LogP contribution in [-0.2, 0) is 14.8 Å². The van der Waals surface area contributed by atoms with Crippen LogP contribution in [0.5, 0.6) is 0 Å². The topological polar surface area (TPSA) is 146 Å².